The highest BCUT2D eigenvalue weighted by Crippen LogP contribution is 2.32. The van der Waals surface area contributed by atoms with Crippen molar-refractivity contribution in [3.8, 4) is 16.9 Å². The van der Waals surface area contributed by atoms with E-state index in [4.69, 9.17) is 17.3 Å². The lowest BCUT2D eigenvalue weighted by Crippen LogP contribution is -2.17. The molecule has 2 nitrogen and oxygen atoms in total. The van der Waals surface area contributed by atoms with Crippen molar-refractivity contribution in [3.63, 3.8) is 0 Å². The molecule has 0 saturated heterocycles. The molecule has 0 fully saturated rings. The lowest BCUT2D eigenvalue weighted by molar-refractivity contribution is -0.274. The van der Waals surface area contributed by atoms with Crippen LogP contribution < -0.4 is 10.5 Å². The minimum absolute atomic E-state index is 0.0119. The standard InChI is InChI=1S/C13H8ClF4NO/c14-10-5-8(6-11(15)12(10)19)7-2-1-3-9(4-7)20-13(16,17)18/h1-6H,19H2. The van der Waals surface area contributed by atoms with E-state index in [0.717, 1.165) is 18.2 Å². The van der Waals surface area contributed by atoms with Gasteiger partial charge in [-0.1, -0.05) is 23.7 Å². The fraction of sp³-hybridized carbons (Fsp3) is 0.0769. The second-order valence-electron chi connectivity index (χ2n) is 3.93. The maximum absolute atomic E-state index is 13.5. The molecule has 7 heteroatoms. The number of rotatable bonds is 2. The van der Waals surface area contributed by atoms with E-state index in [0.29, 0.717) is 11.1 Å². The monoisotopic (exact) mass is 305 g/mol. The first kappa shape index (κ1) is 14.5. The molecule has 0 saturated carbocycles. The first-order chi connectivity index (χ1) is 9.26. The number of alkyl halides is 3. The van der Waals surface area contributed by atoms with Gasteiger partial charge in [-0.2, -0.15) is 0 Å². The van der Waals surface area contributed by atoms with Crippen LogP contribution in [0.15, 0.2) is 36.4 Å². The summed E-state index contributed by atoms with van der Waals surface area (Å²) in [6.07, 6.45) is -4.79. The Bertz CT molecular complexity index is 620. The molecule has 0 amide bonds. The lowest BCUT2D eigenvalue weighted by atomic mass is 10.0. The predicted molar refractivity (Wildman–Crippen MR) is 67.9 cm³/mol. The molecule has 20 heavy (non-hydrogen) atoms. The van der Waals surface area contributed by atoms with Gasteiger partial charge in [-0.05, 0) is 35.4 Å². The Balaban J connectivity index is 2.41. The van der Waals surface area contributed by atoms with Crippen LogP contribution in [0.4, 0.5) is 23.2 Å². The summed E-state index contributed by atoms with van der Waals surface area (Å²) in [5.74, 6) is -1.14. The van der Waals surface area contributed by atoms with E-state index >= 15 is 0 Å². The van der Waals surface area contributed by atoms with Crippen molar-refractivity contribution in [3.05, 3.63) is 47.2 Å². The van der Waals surface area contributed by atoms with Gasteiger partial charge in [0.25, 0.3) is 0 Å². The zero-order chi connectivity index (χ0) is 14.9. The normalized spacial score (nSPS) is 11.4. The maximum Gasteiger partial charge on any atom is 0.573 e. The summed E-state index contributed by atoms with van der Waals surface area (Å²) >= 11 is 5.74. The Morgan fingerprint density at radius 3 is 2.35 bits per heavy atom. The predicted octanol–water partition coefficient (Wildman–Crippen LogP) is 4.63. The van der Waals surface area contributed by atoms with Crippen molar-refractivity contribution in [2.75, 3.05) is 5.73 Å². The smallest absolute Gasteiger partial charge is 0.406 e. The Morgan fingerprint density at radius 1 is 1.05 bits per heavy atom. The molecule has 0 aromatic heterocycles. The molecule has 0 radical (unpaired) electrons. The number of ether oxygens (including phenoxy) is 1. The second kappa shape index (κ2) is 5.20. The first-order valence-corrected chi connectivity index (χ1v) is 5.75. The fourth-order valence-electron chi connectivity index (χ4n) is 1.62. The number of halogens is 5. The van der Waals surface area contributed by atoms with Gasteiger partial charge in [0.15, 0.2) is 0 Å². The molecule has 0 spiro atoms. The third-order valence-corrected chi connectivity index (χ3v) is 2.79. The van der Waals surface area contributed by atoms with E-state index in [1.54, 1.807) is 0 Å². The highest BCUT2D eigenvalue weighted by atomic mass is 35.5. The summed E-state index contributed by atoms with van der Waals surface area (Å²) in [6.45, 7) is 0. The molecule has 0 aliphatic carbocycles. The molecular formula is C13H8ClF4NO. The molecule has 0 unspecified atom stereocenters. The number of hydrogen-bond acceptors (Lipinski definition) is 2. The summed E-state index contributed by atoms with van der Waals surface area (Å²) in [4.78, 5) is 0. The molecule has 0 aliphatic rings. The molecule has 0 atom stereocenters. The van der Waals surface area contributed by atoms with E-state index in [9.17, 15) is 17.6 Å². The van der Waals surface area contributed by atoms with E-state index in [1.165, 1.54) is 18.2 Å². The molecule has 0 bridgehead atoms. The SMILES string of the molecule is Nc1c(F)cc(-c2cccc(OC(F)(F)F)c2)cc1Cl. The Morgan fingerprint density at radius 2 is 1.75 bits per heavy atom. The van der Waals surface area contributed by atoms with Crippen molar-refractivity contribution in [1.29, 1.82) is 0 Å². The van der Waals surface area contributed by atoms with E-state index < -0.39 is 17.9 Å². The van der Waals surface area contributed by atoms with E-state index in [-0.39, 0.29) is 10.7 Å². The largest absolute Gasteiger partial charge is 0.573 e. The van der Waals surface area contributed by atoms with Gasteiger partial charge < -0.3 is 10.5 Å². The molecule has 0 aliphatic heterocycles. The summed E-state index contributed by atoms with van der Waals surface area (Å²) in [7, 11) is 0. The van der Waals surface area contributed by atoms with Gasteiger partial charge in [0.1, 0.15) is 11.6 Å². The van der Waals surface area contributed by atoms with Crippen molar-refractivity contribution >= 4 is 17.3 Å². The lowest BCUT2D eigenvalue weighted by Gasteiger charge is -2.11. The summed E-state index contributed by atoms with van der Waals surface area (Å²) in [6, 6.07) is 7.60. The Labute approximate surface area is 116 Å². The molecule has 106 valence electrons. The van der Waals surface area contributed by atoms with Crippen molar-refractivity contribution in [1.82, 2.24) is 0 Å². The molecule has 2 aromatic carbocycles. The van der Waals surface area contributed by atoms with E-state index in [1.807, 2.05) is 0 Å². The number of anilines is 1. The van der Waals surface area contributed by atoms with Crippen LogP contribution in [0.5, 0.6) is 5.75 Å². The van der Waals surface area contributed by atoms with Crippen LogP contribution in [0.3, 0.4) is 0 Å². The third kappa shape index (κ3) is 3.33. The van der Waals surface area contributed by atoms with Crippen LogP contribution in [0.1, 0.15) is 0 Å². The fourth-order valence-corrected chi connectivity index (χ4v) is 1.83. The molecule has 2 N–H and O–H groups in total. The van der Waals surface area contributed by atoms with Crippen LogP contribution in [0, 0.1) is 5.82 Å². The average molecular weight is 306 g/mol. The summed E-state index contributed by atoms with van der Waals surface area (Å²) in [5.41, 5.74) is 5.78. The Kier molecular flexibility index (Phi) is 3.76. The molecule has 2 aromatic rings. The Hall–Kier alpha value is -1.95. The number of hydrogen-bond donors (Lipinski definition) is 1. The minimum atomic E-state index is -4.79. The van der Waals surface area contributed by atoms with Gasteiger partial charge in [-0.25, -0.2) is 4.39 Å². The maximum atomic E-state index is 13.5. The third-order valence-electron chi connectivity index (χ3n) is 2.48. The van der Waals surface area contributed by atoms with Gasteiger partial charge in [0, 0.05) is 0 Å². The van der Waals surface area contributed by atoms with Crippen LogP contribution in [0.2, 0.25) is 5.02 Å². The highest BCUT2D eigenvalue weighted by Gasteiger charge is 2.31. The van der Waals surface area contributed by atoms with Gasteiger partial charge in [0.2, 0.25) is 0 Å². The molecule has 0 heterocycles. The molecular weight excluding hydrogens is 298 g/mol. The van der Waals surface area contributed by atoms with Crippen molar-refractivity contribution in [2.24, 2.45) is 0 Å². The topological polar surface area (TPSA) is 35.2 Å². The first-order valence-electron chi connectivity index (χ1n) is 5.37. The highest BCUT2D eigenvalue weighted by molar-refractivity contribution is 6.33. The van der Waals surface area contributed by atoms with Gasteiger partial charge in [0.05, 0.1) is 10.7 Å². The molecule has 2 rings (SSSR count). The van der Waals surface area contributed by atoms with Crippen molar-refractivity contribution in [2.45, 2.75) is 6.36 Å². The van der Waals surface area contributed by atoms with Crippen molar-refractivity contribution < 1.29 is 22.3 Å². The van der Waals surface area contributed by atoms with Gasteiger partial charge >= 0.3 is 6.36 Å². The van der Waals surface area contributed by atoms with Gasteiger partial charge in [-0.15, -0.1) is 13.2 Å². The van der Waals surface area contributed by atoms with Crippen LogP contribution >= 0.6 is 11.6 Å². The zero-order valence-corrected chi connectivity index (χ0v) is 10.6. The number of nitrogen functional groups attached to an aromatic ring is 1. The summed E-state index contributed by atoms with van der Waals surface area (Å²) < 4.78 is 53.7. The van der Waals surface area contributed by atoms with Crippen LogP contribution in [0.25, 0.3) is 11.1 Å². The van der Waals surface area contributed by atoms with Gasteiger partial charge in [-0.3, -0.25) is 0 Å². The van der Waals surface area contributed by atoms with Crippen LogP contribution in [-0.2, 0) is 0 Å². The van der Waals surface area contributed by atoms with Crippen LogP contribution in [-0.4, -0.2) is 6.36 Å². The number of nitrogens with two attached hydrogens (primary N) is 1. The average Bonchev–Trinajstić information content (AvgIpc) is 2.33. The van der Waals surface area contributed by atoms with E-state index in [2.05, 4.69) is 4.74 Å². The quantitative estimate of drug-likeness (QED) is 0.648. The second-order valence-corrected chi connectivity index (χ2v) is 4.34. The summed E-state index contributed by atoms with van der Waals surface area (Å²) in [5, 5.41) is -0.0119. The zero-order valence-electron chi connectivity index (χ0n) is 9.84. The minimum Gasteiger partial charge on any atom is -0.406 e. The number of benzene rings is 2.